The highest BCUT2D eigenvalue weighted by atomic mass is 16.6. The van der Waals surface area contributed by atoms with E-state index in [2.05, 4.69) is 5.32 Å². The van der Waals surface area contributed by atoms with Crippen LogP contribution in [0.15, 0.2) is 18.2 Å². The molecule has 110 valence electrons. The number of nitro groups is 1. The molecule has 0 aromatic heterocycles. The van der Waals surface area contributed by atoms with Crippen molar-refractivity contribution in [3.63, 3.8) is 0 Å². The average Bonchev–Trinajstić information content (AvgIpc) is 2.41. The summed E-state index contributed by atoms with van der Waals surface area (Å²) in [4.78, 5) is 10.5. The van der Waals surface area contributed by atoms with Gasteiger partial charge in [-0.2, -0.15) is 0 Å². The van der Waals surface area contributed by atoms with Gasteiger partial charge in [0.2, 0.25) is 0 Å². The van der Waals surface area contributed by atoms with Crippen LogP contribution in [0, 0.1) is 17.0 Å². The van der Waals surface area contributed by atoms with Crippen molar-refractivity contribution in [2.75, 3.05) is 19.8 Å². The summed E-state index contributed by atoms with van der Waals surface area (Å²) in [6, 6.07) is 5.19. The van der Waals surface area contributed by atoms with Crippen molar-refractivity contribution in [2.45, 2.75) is 31.9 Å². The van der Waals surface area contributed by atoms with E-state index >= 15 is 0 Å². The Morgan fingerprint density at radius 2 is 2.15 bits per heavy atom. The molecule has 0 bridgehead atoms. The molecule has 20 heavy (non-hydrogen) atoms. The minimum absolute atomic E-state index is 0.133. The third-order valence-corrected chi connectivity index (χ3v) is 3.68. The maximum Gasteiger partial charge on any atom is 0.272 e. The Kier molecular flexibility index (Phi) is 4.69. The van der Waals surface area contributed by atoms with E-state index < -0.39 is 5.60 Å². The predicted molar refractivity (Wildman–Crippen MR) is 74.5 cm³/mol. The van der Waals surface area contributed by atoms with E-state index in [1.54, 1.807) is 19.1 Å². The molecule has 6 heteroatoms. The number of nitrogens with zero attached hydrogens (tertiary/aromatic N) is 1. The molecule has 0 radical (unpaired) electrons. The molecule has 0 unspecified atom stereocenters. The molecule has 1 aromatic rings. The van der Waals surface area contributed by atoms with Crippen molar-refractivity contribution in [3.05, 3.63) is 39.4 Å². The summed E-state index contributed by atoms with van der Waals surface area (Å²) in [5, 5.41) is 24.3. The van der Waals surface area contributed by atoms with Gasteiger partial charge in [-0.3, -0.25) is 10.1 Å². The van der Waals surface area contributed by atoms with Gasteiger partial charge >= 0.3 is 0 Å². The van der Waals surface area contributed by atoms with Crippen LogP contribution in [-0.2, 0) is 11.3 Å². The minimum Gasteiger partial charge on any atom is -0.388 e. The number of benzene rings is 1. The molecule has 0 aliphatic carbocycles. The summed E-state index contributed by atoms with van der Waals surface area (Å²) >= 11 is 0. The number of hydrogen-bond donors (Lipinski definition) is 2. The molecule has 1 aromatic carbocycles. The largest absolute Gasteiger partial charge is 0.388 e. The molecule has 0 atom stereocenters. The molecule has 0 amide bonds. The second-order valence-electron chi connectivity index (χ2n) is 5.32. The van der Waals surface area contributed by atoms with E-state index in [9.17, 15) is 15.2 Å². The van der Waals surface area contributed by atoms with Crippen molar-refractivity contribution in [3.8, 4) is 0 Å². The van der Waals surface area contributed by atoms with Crippen LogP contribution in [0.1, 0.15) is 24.0 Å². The van der Waals surface area contributed by atoms with Crippen LogP contribution in [0.5, 0.6) is 0 Å². The van der Waals surface area contributed by atoms with Crippen molar-refractivity contribution < 1.29 is 14.8 Å². The van der Waals surface area contributed by atoms with Crippen LogP contribution in [0.4, 0.5) is 5.69 Å². The van der Waals surface area contributed by atoms with Gasteiger partial charge in [0.1, 0.15) is 0 Å². The topological polar surface area (TPSA) is 84.6 Å². The summed E-state index contributed by atoms with van der Waals surface area (Å²) in [6.45, 7) is 3.85. The smallest absolute Gasteiger partial charge is 0.272 e. The zero-order chi connectivity index (χ0) is 14.6. The number of rotatable bonds is 5. The zero-order valence-corrected chi connectivity index (χ0v) is 11.6. The van der Waals surface area contributed by atoms with Gasteiger partial charge in [-0.15, -0.1) is 0 Å². The molecule has 1 aliphatic rings. The summed E-state index contributed by atoms with van der Waals surface area (Å²) < 4.78 is 5.22. The number of ether oxygens (including phenoxy) is 1. The number of nitrogens with one attached hydrogen (secondary N) is 1. The van der Waals surface area contributed by atoms with Crippen molar-refractivity contribution in [2.24, 2.45) is 0 Å². The highest BCUT2D eigenvalue weighted by molar-refractivity contribution is 5.42. The molecule has 1 heterocycles. The Balaban J connectivity index is 1.91. The van der Waals surface area contributed by atoms with Crippen molar-refractivity contribution >= 4 is 5.69 Å². The second kappa shape index (κ2) is 6.30. The fourth-order valence-electron chi connectivity index (χ4n) is 2.33. The monoisotopic (exact) mass is 280 g/mol. The van der Waals surface area contributed by atoms with Gasteiger partial charge in [-0.1, -0.05) is 12.1 Å². The van der Waals surface area contributed by atoms with Crippen LogP contribution in [-0.4, -0.2) is 35.4 Å². The first-order chi connectivity index (χ1) is 9.50. The standard InChI is InChI=1S/C14H20N2O4/c1-11-2-3-12(8-13(11)16(18)19)9-15-10-14(17)4-6-20-7-5-14/h2-3,8,15,17H,4-7,9-10H2,1H3. The Morgan fingerprint density at radius 1 is 1.45 bits per heavy atom. The highest BCUT2D eigenvalue weighted by Gasteiger charge is 2.29. The van der Waals surface area contributed by atoms with Gasteiger partial charge in [0.15, 0.2) is 0 Å². The lowest BCUT2D eigenvalue weighted by Gasteiger charge is -2.32. The number of aliphatic hydroxyl groups is 1. The molecule has 2 N–H and O–H groups in total. The molecular weight excluding hydrogens is 260 g/mol. The van der Waals surface area contributed by atoms with Gasteiger partial charge in [-0.05, 0) is 12.5 Å². The molecule has 0 spiro atoms. The lowest BCUT2D eigenvalue weighted by atomic mass is 9.94. The Bertz CT molecular complexity index is 484. The summed E-state index contributed by atoms with van der Waals surface area (Å²) in [6.07, 6.45) is 1.24. The van der Waals surface area contributed by atoms with Crippen molar-refractivity contribution in [1.82, 2.24) is 5.32 Å². The number of hydrogen-bond acceptors (Lipinski definition) is 5. The predicted octanol–water partition coefficient (Wildman–Crippen LogP) is 1.53. The second-order valence-corrected chi connectivity index (χ2v) is 5.32. The summed E-state index contributed by atoms with van der Waals surface area (Å²) in [5.74, 6) is 0. The third kappa shape index (κ3) is 3.75. The van der Waals surface area contributed by atoms with E-state index in [4.69, 9.17) is 4.74 Å². The van der Waals surface area contributed by atoms with Gasteiger partial charge in [0.05, 0.1) is 10.5 Å². The van der Waals surface area contributed by atoms with E-state index in [0.29, 0.717) is 44.7 Å². The van der Waals surface area contributed by atoms with Gasteiger partial charge < -0.3 is 15.2 Å². The Labute approximate surface area is 117 Å². The SMILES string of the molecule is Cc1ccc(CNCC2(O)CCOCC2)cc1[N+](=O)[O-]. The number of nitro benzene ring substituents is 1. The van der Waals surface area contributed by atoms with E-state index in [1.807, 2.05) is 6.07 Å². The fraction of sp³-hybridized carbons (Fsp3) is 0.571. The van der Waals surface area contributed by atoms with Gasteiger partial charge in [0.25, 0.3) is 5.69 Å². The quantitative estimate of drug-likeness (QED) is 0.631. The van der Waals surface area contributed by atoms with Crippen LogP contribution >= 0.6 is 0 Å². The van der Waals surface area contributed by atoms with Crippen LogP contribution in [0.2, 0.25) is 0 Å². The van der Waals surface area contributed by atoms with Crippen LogP contribution < -0.4 is 5.32 Å². The average molecular weight is 280 g/mol. The maximum absolute atomic E-state index is 10.9. The molecule has 1 aliphatic heterocycles. The normalized spacial score (nSPS) is 17.9. The first-order valence-corrected chi connectivity index (χ1v) is 6.75. The van der Waals surface area contributed by atoms with Gasteiger partial charge in [0, 0.05) is 50.8 Å². The van der Waals surface area contributed by atoms with E-state index in [1.165, 1.54) is 0 Å². The van der Waals surface area contributed by atoms with Crippen molar-refractivity contribution in [1.29, 1.82) is 0 Å². The summed E-state index contributed by atoms with van der Waals surface area (Å²) in [5.41, 5.74) is 0.906. The summed E-state index contributed by atoms with van der Waals surface area (Å²) in [7, 11) is 0. The van der Waals surface area contributed by atoms with Crippen LogP contribution in [0.25, 0.3) is 0 Å². The molecule has 0 saturated carbocycles. The first kappa shape index (κ1) is 14.9. The lowest BCUT2D eigenvalue weighted by Crippen LogP contribution is -2.44. The van der Waals surface area contributed by atoms with E-state index in [0.717, 1.165) is 5.56 Å². The highest BCUT2D eigenvalue weighted by Crippen LogP contribution is 2.21. The minimum atomic E-state index is -0.727. The molecule has 1 fully saturated rings. The van der Waals surface area contributed by atoms with Crippen LogP contribution in [0.3, 0.4) is 0 Å². The molecule has 6 nitrogen and oxygen atoms in total. The van der Waals surface area contributed by atoms with Gasteiger partial charge in [-0.25, -0.2) is 0 Å². The molecule has 1 saturated heterocycles. The van der Waals surface area contributed by atoms with E-state index in [-0.39, 0.29) is 10.6 Å². The number of aryl methyl sites for hydroxylation is 1. The molecular formula is C14H20N2O4. The third-order valence-electron chi connectivity index (χ3n) is 3.68. The Hall–Kier alpha value is -1.50. The Morgan fingerprint density at radius 3 is 2.80 bits per heavy atom. The zero-order valence-electron chi connectivity index (χ0n) is 11.6. The fourth-order valence-corrected chi connectivity index (χ4v) is 2.33. The maximum atomic E-state index is 10.9. The lowest BCUT2D eigenvalue weighted by molar-refractivity contribution is -0.385. The first-order valence-electron chi connectivity index (χ1n) is 6.75. The molecule has 2 rings (SSSR count).